The SMILES string of the molecule is CC(C)COc1ccc(CN=C=O)cc1OCc1ccccc1. The summed E-state index contributed by atoms with van der Waals surface area (Å²) in [6.45, 7) is 5.55. The average molecular weight is 311 g/mol. The topological polar surface area (TPSA) is 47.9 Å². The van der Waals surface area contributed by atoms with Gasteiger partial charge in [0.05, 0.1) is 13.2 Å². The van der Waals surface area contributed by atoms with Gasteiger partial charge in [0.2, 0.25) is 6.08 Å². The predicted molar refractivity (Wildman–Crippen MR) is 89.4 cm³/mol. The number of benzene rings is 2. The van der Waals surface area contributed by atoms with Crippen LogP contribution in [0.5, 0.6) is 11.5 Å². The highest BCUT2D eigenvalue weighted by Crippen LogP contribution is 2.30. The van der Waals surface area contributed by atoms with E-state index in [1.165, 1.54) is 0 Å². The highest BCUT2D eigenvalue weighted by molar-refractivity contribution is 5.44. The lowest BCUT2D eigenvalue weighted by Crippen LogP contribution is -2.06. The molecule has 2 aromatic rings. The molecular formula is C19H21NO3. The quantitative estimate of drug-likeness (QED) is 0.544. The minimum absolute atomic E-state index is 0.287. The molecule has 0 saturated carbocycles. The summed E-state index contributed by atoms with van der Waals surface area (Å²) in [7, 11) is 0. The average Bonchev–Trinajstić information content (AvgIpc) is 2.57. The number of rotatable bonds is 8. The van der Waals surface area contributed by atoms with Gasteiger partial charge in [-0.15, -0.1) is 0 Å². The van der Waals surface area contributed by atoms with Gasteiger partial charge in [0, 0.05) is 0 Å². The smallest absolute Gasteiger partial charge is 0.235 e. The first-order chi connectivity index (χ1) is 11.2. The standard InChI is InChI=1S/C19H21NO3/c1-15(2)12-22-18-9-8-17(11-20-14-21)10-19(18)23-13-16-6-4-3-5-7-16/h3-10,15H,11-13H2,1-2H3. The van der Waals surface area contributed by atoms with Gasteiger partial charge < -0.3 is 9.47 Å². The number of isocyanates is 1. The summed E-state index contributed by atoms with van der Waals surface area (Å²) in [4.78, 5) is 13.9. The molecule has 4 heteroatoms. The van der Waals surface area contributed by atoms with Crippen molar-refractivity contribution < 1.29 is 14.3 Å². The van der Waals surface area contributed by atoms with Crippen molar-refractivity contribution in [2.24, 2.45) is 10.9 Å². The molecule has 0 aliphatic rings. The lowest BCUT2D eigenvalue weighted by molar-refractivity contribution is 0.239. The maximum Gasteiger partial charge on any atom is 0.235 e. The fourth-order valence-corrected chi connectivity index (χ4v) is 2.00. The maximum absolute atomic E-state index is 10.3. The molecule has 23 heavy (non-hydrogen) atoms. The van der Waals surface area contributed by atoms with Crippen molar-refractivity contribution in [3.05, 3.63) is 59.7 Å². The van der Waals surface area contributed by atoms with E-state index in [1.807, 2.05) is 48.5 Å². The van der Waals surface area contributed by atoms with Crippen molar-refractivity contribution in [3.8, 4) is 11.5 Å². The molecule has 0 saturated heterocycles. The van der Waals surface area contributed by atoms with Crippen LogP contribution in [0, 0.1) is 5.92 Å². The minimum atomic E-state index is 0.287. The van der Waals surface area contributed by atoms with Gasteiger partial charge in [-0.05, 0) is 29.2 Å². The molecule has 0 aliphatic carbocycles. The van der Waals surface area contributed by atoms with Crippen LogP contribution < -0.4 is 9.47 Å². The molecule has 2 aromatic carbocycles. The van der Waals surface area contributed by atoms with E-state index in [9.17, 15) is 4.79 Å². The molecule has 2 rings (SSSR count). The zero-order chi connectivity index (χ0) is 16.5. The van der Waals surface area contributed by atoms with Crippen molar-refractivity contribution >= 4 is 6.08 Å². The lowest BCUT2D eigenvalue weighted by atomic mass is 10.2. The molecule has 120 valence electrons. The summed E-state index contributed by atoms with van der Waals surface area (Å²) in [5.74, 6) is 1.79. The van der Waals surface area contributed by atoms with Crippen LogP contribution in [-0.2, 0) is 17.9 Å². The van der Waals surface area contributed by atoms with Crippen molar-refractivity contribution in [2.75, 3.05) is 6.61 Å². The Bertz CT molecular complexity index is 662. The third-order valence-corrected chi connectivity index (χ3v) is 3.14. The maximum atomic E-state index is 10.3. The van der Waals surface area contributed by atoms with Crippen molar-refractivity contribution in [2.45, 2.75) is 27.0 Å². The van der Waals surface area contributed by atoms with Crippen LogP contribution in [0.4, 0.5) is 0 Å². The van der Waals surface area contributed by atoms with Crippen molar-refractivity contribution in [1.82, 2.24) is 0 Å². The molecular weight excluding hydrogens is 290 g/mol. The molecule has 0 bridgehead atoms. The molecule has 4 nitrogen and oxygen atoms in total. The van der Waals surface area contributed by atoms with E-state index in [0.29, 0.717) is 30.6 Å². The molecule has 0 aliphatic heterocycles. The van der Waals surface area contributed by atoms with E-state index >= 15 is 0 Å². The van der Waals surface area contributed by atoms with Gasteiger partial charge in [-0.25, -0.2) is 9.79 Å². The second-order valence-electron chi connectivity index (χ2n) is 5.67. The molecule has 0 spiro atoms. The predicted octanol–water partition coefficient (Wildman–Crippen LogP) is 4.14. The zero-order valence-electron chi connectivity index (χ0n) is 13.5. The number of nitrogens with zero attached hydrogens (tertiary/aromatic N) is 1. The Morgan fingerprint density at radius 3 is 2.48 bits per heavy atom. The van der Waals surface area contributed by atoms with Gasteiger partial charge in [-0.2, -0.15) is 0 Å². The summed E-state index contributed by atoms with van der Waals surface area (Å²) < 4.78 is 11.7. The molecule has 0 heterocycles. The number of hydrogen-bond acceptors (Lipinski definition) is 4. The Labute approximate surface area is 136 Å². The molecule has 0 radical (unpaired) electrons. The van der Waals surface area contributed by atoms with Crippen LogP contribution in [0.15, 0.2) is 53.5 Å². The summed E-state index contributed by atoms with van der Waals surface area (Å²) >= 11 is 0. The van der Waals surface area contributed by atoms with Crippen LogP contribution in [0.1, 0.15) is 25.0 Å². The molecule has 0 amide bonds. The Balaban J connectivity index is 2.15. The Hall–Kier alpha value is -2.58. The molecule has 0 aromatic heterocycles. The van der Waals surface area contributed by atoms with Gasteiger partial charge in [-0.3, -0.25) is 0 Å². The fourth-order valence-electron chi connectivity index (χ4n) is 2.00. The molecule has 0 atom stereocenters. The summed E-state index contributed by atoms with van der Waals surface area (Å²) in [6, 6.07) is 15.5. The van der Waals surface area contributed by atoms with Crippen molar-refractivity contribution in [1.29, 1.82) is 0 Å². The lowest BCUT2D eigenvalue weighted by Gasteiger charge is -2.15. The van der Waals surface area contributed by atoms with Crippen LogP contribution >= 0.6 is 0 Å². The highest BCUT2D eigenvalue weighted by atomic mass is 16.5. The minimum Gasteiger partial charge on any atom is -0.489 e. The van der Waals surface area contributed by atoms with Crippen LogP contribution in [0.2, 0.25) is 0 Å². The third-order valence-electron chi connectivity index (χ3n) is 3.14. The van der Waals surface area contributed by atoms with Gasteiger partial charge in [-0.1, -0.05) is 50.2 Å². The van der Waals surface area contributed by atoms with E-state index in [1.54, 1.807) is 6.08 Å². The number of ether oxygens (including phenoxy) is 2. The van der Waals surface area contributed by atoms with E-state index in [-0.39, 0.29) is 6.54 Å². The van der Waals surface area contributed by atoms with Crippen LogP contribution in [0.25, 0.3) is 0 Å². The van der Waals surface area contributed by atoms with Crippen LogP contribution in [0.3, 0.4) is 0 Å². The first-order valence-corrected chi connectivity index (χ1v) is 7.65. The largest absolute Gasteiger partial charge is 0.489 e. The number of carbonyl (C=O) groups excluding carboxylic acids is 1. The fraction of sp³-hybridized carbons (Fsp3) is 0.316. The van der Waals surface area contributed by atoms with Gasteiger partial charge >= 0.3 is 0 Å². The first kappa shape index (κ1) is 16.8. The molecule has 0 unspecified atom stereocenters. The Morgan fingerprint density at radius 2 is 1.78 bits per heavy atom. The van der Waals surface area contributed by atoms with E-state index in [0.717, 1.165) is 11.1 Å². The molecule has 0 N–H and O–H groups in total. The Kier molecular flexibility index (Phi) is 6.40. The zero-order valence-corrected chi connectivity index (χ0v) is 13.5. The number of aliphatic imine (C=N–C) groups is 1. The van der Waals surface area contributed by atoms with Gasteiger partial charge in [0.25, 0.3) is 0 Å². The summed E-state index contributed by atoms with van der Waals surface area (Å²) in [5, 5.41) is 0. The normalized spacial score (nSPS) is 10.2. The second kappa shape index (κ2) is 8.76. The third kappa shape index (κ3) is 5.61. The van der Waals surface area contributed by atoms with E-state index in [4.69, 9.17) is 9.47 Å². The number of hydrogen-bond donors (Lipinski definition) is 0. The highest BCUT2D eigenvalue weighted by Gasteiger charge is 2.08. The van der Waals surface area contributed by atoms with Gasteiger partial charge in [0.15, 0.2) is 11.5 Å². The first-order valence-electron chi connectivity index (χ1n) is 7.65. The van der Waals surface area contributed by atoms with Crippen LogP contribution in [-0.4, -0.2) is 12.7 Å². The van der Waals surface area contributed by atoms with E-state index in [2.05, 4.69) is 18.8 Å². The van der Waals surface area contributed by atoms with Crippen molar-refractivity contribution in [3.63, 3.8) is 0 Å². The summed E-state index contributed by atoms with van der Waals surface area (Å²) in [6.07, 6.45) is 1.55. The summed E-state index contributed by atoms with van der Waals surface area (Å²) in [5.41, 5.74) is 1.96. The Morgan fingerprint density at radius 1 is 1.00 bits per heavy atom. The van der Waals surface area contributed by atoms with E-state index < -0.39 is 0 Å². The second-order valence-corrected chi connectivity index (χ2v) is 5.67. The monoisotopic (exact) mass is 311 g/mol. The van der Waals surface area contributed by atoms with Gasteiger partial charge in [0.1, 0.15) is 6.61 Å². The molecule has 0 fully saturated rings.